The summed E-state index contributed by atoms with van der Waals surface area (Å²) in [6.45, 7) is 2.55. The van der Waals surface area contributed by atoms with E-state index in [1.807, 2.05) is 4.90 Å². The Bertz CT molecular complexity index is 549. The van der Waals surface area contributed by atoms with Crippen molar-refractivity contribution >= 4 is 17.5 Å². The van der Waals surface area contributed by atoms with Gasteiger partial charge in [-0.2, -0.15) is 0 Å². The first-order valence-electron chi connectivity index (χ1n) is 7.52. The van der Waals surface area contributed by atoms with Crippen molar-refractivity contribution in [3.63, 3.8) is 0 Å². The molecule has 114 valence electrons. The average Bonchev–Trinajstić information content (AvgIpc) is 2.69. The lowest BCUT2D eigenvalue weighted by Crippen LogP contribution is -2.42. The van der Waals surface area contributed by atoms with Crippen molar-refractivity contribution in [1.29, 1.82) is 0 Å². The molecule has 1 aromatic carbocycles. The maximum absolute atomic E-state index is 12.8. The maximum Gasteiger partial charge on any atom is 0.257 e. The minimum Gasteiger partial charge on any atom is -0.507 e. The van der Waals surface area contributed by atoms with E-state index < -0.39 is 0 Å². The summed E-state index contributed by atoms with van der Waals surface area (Å²) in [7, 11) is 2.15. The Morgan fingerprint density at radius 3 is 2.90 bits per heavy atom. The molecule has 1 aromatic rings. The number of amides is 1. The van der Waals surface area contributed by atoms with Crippen molar-refractivity contribution in [2.75, 3.05) is 26.7 Å². The molecule has 2 heterocycles. The van der Waals surface area contributed by atoms with Crippen LogP contribution < -0.4 is 0 Å². The summed E-state index contributed by atoms with van der Waals surface area (Å²) >= 11 is 5.96. The Kier molecular flexibility index (Phi) is 4.09. The molecule has 2 atom stereocenters. The van der Waals surface area contributed by atoms with Gasteiger partial charge in [-0.3, -0.25) is 4.79 Å². The molecule has 5 heteroatoms. The van der Waals surface area contributed by atoms with Crippen molar-refractivity contribution in [1.82, 2.24) is 9.80 Å². The van der Waals surface area contributed by atoms with Gasteiger partial charge in [0.2, 0.25) is 0 Å². The number of halogens is 1. The van der Waals surface area contributed by atoms with Gasteiger partial charge < -0.3 is 14.9 Å². The molecule has 2 saturated heterocycles. The fraction of sp³-hybridized carbons (Fsp3) is 0.562. The predicted molar refractivity (Wildman–Crippen MR) is 82.8 cm³/mol. The van der Waals surface area contributed by atoms with Gasteiger partial charge in [-0.05, 0) is 44.0 Å². The Morgan fingerprint density at radius 1 is 1.29 bits per heavy atom. The van der Waals surface area contributed by atoms with Crippen LogP contribution in [0.15, 0.2) is 18.2 Å². The van der Waals surface area contributed by atoms with E-state index >= 15 is 0 Å². The standard InChI is InChI=1S/C16H21ClN2O2/c1-18-8-11-3-2-4-13(18)10-19(9-11)16(21)14-7-12(17)5-6-15(14)20/h5-7,11,13,20H,2-4,8-10H2,1H3/t11-,13-/m0/s1. The number of nitrogens with zero attached hydrogens (tertiary/aromatic N) is 2. The second-order valence-corrected chi connectivity index (χ2v) is 6.70. The summed E-state index contributed by atoms with van der Waals surface area (Å²) in [5.74, 6) is 0.419. The maximum atomic E-state index is 12.8. The predicted octanol–water partition coefficient (Wildman–Crippen LogP) is 2.60. The minimum absolute atomic E-state index is 0.00663. The first kappa shape index (κ1) is 14.7. The van der Waals surface area contributed by atoms with Crippen LogP contribution in [-0.2, 0) is 0 Å². The van der Waals surface area contributed by atoms with Crippen LogP contribution >= 0.6 is 11.6 Å². The summed E-state index contributed by atoms with van der Waals surface area (Å²) in [5.41, 5.74) is 0.310. The topological polar surface area (TPSA) is 43.8 Å². The fourth-order valence-electron chi connectivity index (χ4n) is 3.55. The van der Waals surface area contributed by atoms with Crippen molar-refractivity contribution in [3.05, 3.63) is 28.8 Å². The molecule has 3 rings (SSSR count). The van der Waals surface area contributed by atoms with Crippen LogP contribution in [0.4, 0.5) is 0 Å². The second-order valence-electron chi connectivity index (χ2n) is 6.26. The molecule has 0 aliphatic carbocycles. The number of carbonyl (C=O) groups is 1. The number of fused-ring (bicyclic) bond motifs is 3. The summed E-state index contributed by atoms with van der Waals surface area (Å²) in [6, 6.07) is 5.06. The average molecular weight is 309 g/mol. The van der Waals surface area contributed by atoms with E-state index in [0.717, 1.165) is 26.1 Å². The molecule has 21 heavy (non-hydrogen) atoms. The van der Waals surface area contributed by atoms with Crippen molar-refractivity contribution in [2.24, 2.45) is 5.92 Å². The number of hydrogen-bond donors (Lipinski definition) is 1. The van der Waals surface area contributed by atoms with Crippen LogP contribution in [-0.4, -0.2) is 53.5 Å². The van der Waals surface area contributed by atoms with Crippen molar-refractivity contribution in [3.8, 4) is 5.75 Å². The van der Waals surface area contributed by atoms with E-state index in [4.69, 9.17) is 11.6 Å². The summed E-state index contributed by atoms with van der Waals surface area (Å²) < 4.78 is 0. The second kappa shape index (κ2) is 5.85. The van der Waals surface area contributed by atoms with Gasteiger partial charge in [0.25, 0.3) is 5.91 Å². The third-order valence-electron chi connectivity index (χ3n) is 4.71. The highest BCUT2D eigenvalue weighted by Crippen LogP contribution is 2.29. The van der Waals surface area contributed by atoms with Gasteiger partial charge >= 0.3 is 0 Å². The Morgan fingerprint density at radius 2 is 2.10 bits per heavy atom. The van der Waals surface area contributed by atoms with E-state index in [9.17, 15) is 9.90 Å². The summed E-state index contributed by atoms with van der Waals surface area (Å²) in [6.07, 6.45) is 3.55. The van der Waals surface area contributed by atoms with Crippen LogP contribution in [0.5, 0.6) is 5.75 Å². The SMILES string of the molecule is CN1C[C@@H]2CCC[C@H]1CN(C(=O)c1cc(Cl)ccc1O)C2. The number of likely N-dealkylation sites (N-methyl/N-ethyl adjacent to an activating group) is 1. The van der Waals surface area contributed by atoms with Crippen LogP contribution in [0.2, 0.25) is 5.02 Å². The molecular formula is C16H21ClN2O2. The van der Waals surface area contributed by atoms with Gasteiger partial charge in [-0.15, -0.1) is 0 Å². The highest BCUT2D eigenvalue weighted by molar-refractivity contribution is 6.31. The van der Waals surface area contributed by atoms with E-state index in [1.165, 1.54) is 18.9 Å². The highest BCUT2D eigenvalue weighted by atomic mass is 35.5. The molecule has 0 spiro atoms. The van der Waals surface area contributed by atoms with Gasteiger partial charge in [0.05, 0.1) is 5.56 Å². The number of carbonyl (C=O) groups excluding carboxylic acids is 1. The third-order valence-corrected chi connectivity index (χ3v) is 4.94. The Balaban J connectivity index is 1.86. The third kappa shape index (κ3) is 3.01. The molecule has 0 radical (unpaired) electrons. The normalized spacial score (nSPS) is 26.5. The van der Waals surface area contributed by atoms with Gasteiger partial charge in [0, 0.05) is 30.7 Å². The molecule has 2 bridgehead atoms. The lowest BCUT2D eigenvalue weighted by molar-refractivity contribution is 0.0707. The van der Waals surface area contributed by atoms with Gasteiger partial charge in [0.1, 0.15) is 5.75 Å². The number of rotatable bonds is 1. The Hall–Kier alpha value is -1.26. The number of phenolic OH excluding ortho intramolecular Hbond substituents is 1. The molecule has 2 fully saturated rings. The van der Waals surface area contributed by atoms with Gasteiger partial charge in [0.15, 0.2) is 0 Å². The molecule has 2 aliphatic rings. The zero-order valence-electron chi connectivity index (χ0n) is 12.3. The number of hydrogen-bond acceptors (Lipinski definition) is 3. The van der Waals surface area contributed by atoms with Gasteiger partial charge in [-0.1, -0.05) is 18.0 Å². The quantitative estimate of drug-likeness (QED) is 0.867. The zero-order valence-corrected chi connectivity index (χ0v) is 13.0. The van der Waals surface area contributed by atoms with Crippen LogP contribution in [0.1, 0.15) is 29.6 Å². The van der Waals surface area contributed by atoms with E-state index in [0.29, 0.717) is 22.5 Å². The molecule has 1 N–H and O–H groups in total. The lowest BCUT2D eigenvalue weighted by atomic mass is 9.99. The van der Waals surface area contributed by atoms with E-state index in [1.54, 1.807) is 12.1 Å². The molecule has 2 aliphatic heterocycles. The molecule has 0 aromatic heterocycles. The number of phenols is 1. The molecule has 0 saturated carbocycles. The fourth-order valence-corrected chi connectivity index (χ4v) is 3.72. The smallest absolute Gasteiger partial charge is 0.257 e. The van der Waals surface area contributed by atoms with E-state index in [-0.39, 0.29) is 11.7 Å². The first-order chi connectivity index (χ1) is 10.0. The summed E-state index contributed by atoms with van der Waals surface area (Å²) in [4.78, 5) is 17.0. The lowest BCUT2D eigenvalue weighted by Gasteiger charge is -2.30. The van der Waals surface area contributed by atoms with E-state index in [2.05, 4.69) is 11.9 Å². The monoisotopic (exact) mass is 308 g/mol. The number of aromatic hydroxyl groups is 1. The molecule has 0 unspecified atom stereocenters. The minimum atomic E-state index is -0.109. The number of benzene rings is 1. The van der Waals surface area contributed by atoms with Crippen LogP contribution in [0.3, 0.4) is 0 Å². The van der Waals surface area contributed by atoms with Crippen LogP contribution in [0, 0.1) is 5.92 Å². The van der Waals surface area contributed by atoms with Crippen molar-refractivity contribution in [2.45, 2.75) is 25.3 Å². The molecule has 4 nitrogen and oxygen atoms in total. The highest BCUT2D eigenvalue weighted by Gasteiger charge is 2.33. The molecular weight excluding hydrogens is 288 g/mol. The number of likely N-dealkylation sites (tertiary alicyclic amines) is 1. The van der Waals surface area contributed by atoms with Crippen molar-refractivity contribution < 1.29 is 9.90 Å². The van der Waals surface area contributed by atoms with Gasteiger partial charge in [-0.25, -0.2) is 0 Å². The molecule has 1 amide bonds. The largest absolute Gasteiger partial charge is 0.507 e. The van der Waals surface area contributed by atoms with Crippen LogP contribution in [0.25, 0.3) is 0 Å². The summed E-state index contributed by atoms with van der Waals surface area (Å²) in [5, 5.41) is 10.4. The first-order valence-corrected chi connectivity index (χ1v) is 7.90. The Labute approximate surface area is 130 Å². The zero-order chi connectivity index (χ0) is 15.0.